The lowest BCUT2D eigenvalue weighted by molar-refractivity contribution is -0.166. The molecule has 7 heteroatoms. The van der Waals surface area contributed by atoms with Crippen molar-refractivity contribution in [2.24, 2.45) is 5.92 Å². The number of ether oxygens (including phenoxy) is 2. The largest absolute Gasteiger partial charge is 0.464 e. The third-order valence-corrected chi connectivity index (χ3v) is 5.61. The number of hydrogen-bond acceptors (Lipinski definition) is 6. The minimum atomic E-state index is -0.692. The first-order valence-corrected chi connectivity index (χ1v) is 10.5. The van der Waals surface area contributed by atoms with Gasteiger partial charge in [-0.1, -0.05) is 12.1 Å². The molecule has 1 aliphatic heterocycles. The number of amides is 1. The molecule has 3 atom stereocenters. The van der Waals surface area contributed by atoms with Crippen molar-refractivity contribution < 1.29 is 23.8 Å². The maximum atomic E-state index is 13.3. The van der Waals surface area contributed by atoms with E-state index in [-0.39, 0.29) is 35.7 Å². The number of para-hydroxylation sites is 1. The molecule has 2 aliphatic rings. The number of aliphatic hydroxyl groups excluding tert-OH is 1. The number of aliphatic hydroxyl groups is 1. The Kier molecular flexibility index (Phi) is 6.20. The van der Waals surface area contributed by atoms with Crippen LogP contribution in [-0.2, 0) is 14.3 Å². The van der Waals surface area contributed by atoms with Gasteiger partial charge in [-0.3, -0.25) is 9.59 Å². The van der Waals surface area contributed by atoms with Crippen molar-refractivity contribution in [1.82, 2.24) is 5.32 Å². The van der Waals surface area contributed by atoms with E-state index >= 15 is 0 Å². The Bertz CT molecular complexity index is 993. The molecule has 0 unspecified atom stereocenters. The van der Waals surface area contributed by atoms with Crippen LogP contribution >= 0.6 is 0 Å². The summed E-state index contributed by atoms with van der Waals surface area (Å²) in [5, 5.41) is 12.8. The second kappa shape index (κ2) is 9.02. The fraction of sp³-hybridized carbons (Fsp3) is 0.478. The lowest BCUT2D eigenvalue weighted by Gasteiger charge is -2.36. The van der Waals surface area contributed by atoms with Crippen LogP contribution in [0.15, 0.2) is 51.6 Å². The van der Waals surface area contributed by atoms with Gasteiger partial charge in [-0.05, 0) is 50.8 Å². The number of hydrogen-bond donors (Lipinski definition) is 2. The molecule has 4 rings (SSSR count). The van der Waals surface area contributed by atoms with Gasteiger partial charge in [-0.2, -0.15) is 0 Å². The summed E-state index contributed by atoms with van der Waals surface area (Å²) < 4.78 is 17.5. The van der Waals surface area contributed by atoms with Crippen molar-refractivity contribution in [1.29, 1.82) is 0 Å². The number of carbonyl (C=O) groups excluding carboxylic acids is 1. The summed E-state index contributed by atoms with van der Waals surface area (Å²) in [4.78, 5) is 25.9. The van der Waals surface area contributed by atoms with Crippen molar-refractivity contribution in [2.75, 3.05) is 13.2 Å². The number of rotatable bonds is 8. The highest BCUT2D eigenvalue weighted by molar-refractivity contribution is 5.92. The van der Waals surface area contributed by atoms with Crippen molar-refractivity contribution in [3.05, 3.63) is 58.2 Å². The molecule has 2 aromatic rings. The number of carbonyl (C=O) groups is 1. The van der Waals surface area contributed by atoms with Crippen LogP contribution in [-0.4, -0.2) is 36.6 Å². The van der Waals surface area contributed by atoms with Crippen LogP contribution in [0.25, 0.3) is 11.0 Å². The number of nitrogens with one attached hydrogen (secondary N) is 1. The van der Waals surface area contributed by atoms with E-state index in [4.69, 9.17) is 13.9 Å². The first kappa shape index (κ1) is 20.6. The Hall–Kier alpha value is -2.64. The van der Waals surface area contributed by atoms with Crippen LogP contribution in [0, 0.1) is 5.92 Å². The topological polar surface area (TPSA) is 98.0 Å². The molecule has 1 aromatic heterocycles. The average molecular weight is 413 g/mol. The predicted molar refractivity (Wildman–Crippen MR) is 111 cm³/mol. The van der Waals surface area contributed by atoms with Crippen LogP contribution < -0.4 is 10.7 Å². The van der Waals surface area contributed by atoms with Crippen LogP contribution in [0.3, 0.4) is 0 Å². The van der Waals surface area contributed by atoms with Gasteiger partial charge in [-0.25, -0.2) is 0 Å². The Morgan fingerprint density at radius 1 is 1.30 bits per heavy atom. The molecule has 1 amide bonds. The Morgan fingerprint density at radius 2 is 2.10 bits per heavy atom. The van der Waals surface area contributed by atoms with Crippen LogP contribution in [0.5, 0.6) is 0 Å². The third kappa shape index (κ3) is 4.27. The van der Waals surface area contributed by atoms with E-state index in [2.05, 4.69) is 5.32 Å². The summed E-state index contributed by atoms with van der Waals surface area (Å²) in [6, 6.07) is 7.28. The monoisotopic (exact) mass is 413 g/mol. The van der Waals surface area contributed by atoms with Crippen molar-refractivity contribution in [2.45, 2.75) is 50.9 Å². The molecule has 160 valence electrons. The van der Waals surface area contributed by atoms with Gasteiger partial charge < -0.3 is 24.3 Å². The zero-order valence-electron chi connectivity index (χ0n) is 17.0. The lowest BCUT2D eigenvalue weighted by atomic mass is 9.81. The summed E-state index contributed by atoms with van der Waals surface area (Å²) in [5.74, 6) is -0.794. The Morgan fingerprint density at radius 3 is 2.83 bits per heavy atom. The van der Waals surface area contributed by atoms with Gasteiger partial charge in [0.15, 0.2) is 11.2 Å². The standard InChI is InChI=1S/C23H27NO6/c1-2-28-23-15(7-5-11-25)17(12-20(30-23)22(27)24-14-9-10-14)18-13-29-19-8-4-3-6-16(19)21(18)26/h3-4,6,8,12-15,17,23,25H,2,5,7,9-11H2,1H3,(H,24,27)/t15-,17-,23+/m1/s1. The molecule has 30 heavy (non-hydrogen) atoms. The van der Waals surface area contributed by atoms with Crippen molar-refractivity contribution >= 4 is 16.9 Å². The van der Waals surface area contributed by atoms with E-state index in [1.165, 1.54) is 6.26 Å². The molecule has 0 bridgehead atoms. The summed E-state index contributed by atoms with van der Waals surface area (Å²) in [6.45, 7) is 2.28. The van der Waals surface area contributed by atoms with Gasteiger partial charge in [0.25, 0.3) is 5.91 Å². The number of benzene rings is 1. The van der Waals surface area contributed by atoms with Crippen molar-refractivity contribution in [3.63, 3.8) is 0 Å². The number of fused-ring (bicyclic) bond motifs is 1. The van der Waals surface area contributed by atoms with Crippen LogP contribution in [0.1, 0.15) is 44.1 Å². The molecule has 0 spiro atoms. The minimum absolute atomic E-state index is 0.0210. The van der Waals surface area contributed by atoms with E-state index in [1.54, 1.807) is 24.3 Å². The lowest BCUT2D eigenvalue weighted by Crippen LogP contribution is -2.40. The molecule has 1 fully saturated rings. The highest BCUT2D eigenvalue weighted by Gasteiger charge is 2.40. The first-order valence-electron chi connectivity index (χ1n) is 10.5. The second-order valence-corrected chi connectivity index (χ2v) is 7.79. The smallest absolute Gasteiger partial charge is 0.286 e. The molecule has 2 N–H and O–H groups in total. The van der Waals surface area contributed by atoms with Gasteiger partial charge in [0, 0.05) is 36.7 Å². The van der Waals surface area contributed by atoms with E-state index in [0.717, 1.165) is 12.8 Å². The first-order chi connectivity index (χ1) is 14.6. The fourth-order valence-corrected chi connectivity index (χ4v) is 3.93. The normalized spacial score (nSPS) is 23.7. The average Bonchev–Trinajstić information content (AvgIpc) is 3.57. The van der Waals surface area contributed by atoms with Gasteiger partial charge >= 0.3 is 0 Å². The highest BCUT2D eigenvalue weighted by atomic mass is 16.7. The molecular weight excluding hydrogens is 386 g/mol. The van der Waals surface area contributed by atoms with E-state index in [1.807, 2.05) is 13.0 Å². The molecule has 1 aliphatic carbocycles. The maximum absolute atomic E-state index is 13.3. The molecule has 0 saturated heterocycles. The van der Waals surface area contributed by atoms with Gasteiger partial charge in [0.1, 0.15) is 5.58 Å². The summed E-state index contributed by atoms with van der Waals surface area (Å²) in [7, 11) is 0. The number of allylic oxidation sites excluding steroid dienone is 1. The van der Waals surface area contributed by atoms with Crippen molar-refractivity contribution in [3.8, 4) is 0 Å². The Labute approximate surface area is 174 Å². The fourth-order valence-electron chi connectivity index (χ4n) is 3.93. The zero-order chi connectivity index (χ0) is 21.1. The molecule has 1 aromatic carbocycles. The summed E-state index contributed by atoms with van der Waals surface area (Å²) in [6.07, 6.45) is 5.52. The highest BCUT2D eigenvalue weighted by Crippen LogP contribution is 2.39. The van der Waals surface area contributed by atoms with Gasteiger partial charge in [0.05, 0.1) is 11.6 Å². The molecule has 1 saturated carbocycles. The van der Waals surface area contributed by atoms with Gasteiger partial charge in [0.2, 0.25) is 6.29 Å². The zero-order valence-corrected chi connectivity index (χ0v) is 17.0. The van der Waals surface area contributed by atoms with E-state index in [9.17, 15) is 14.7 Å². The molecular formula is C23H27NO6. The SMILES string of the molecule is CCO[C@H]1OC(C(=O)NC2CC2)=C[C@@H](c2coc3ccccc3c2=O)[C@H]1CCCO. The quantitative estimate of drug-likeness (QED) is 0.691. The van der Waals surface area contributed by atoms with E-state index < -0.39 is 12.2 Å². The van der Waals surface area contributed by atoms with E-state index in [0.29, 0.717) is 36.0 Å². The van der Waals surface area contributed by atoms with Crippen LogP contribution in [0.4, 0.5) is 0 Å². The summed E-state index contributed by atoms with van der Waals surface area (Å²) in [5.41, 5.74) is 0.842. The molecule has 0 radical (unpaired) electrons. The summed E-state index contributed by atoms with van der Waals surface area (Å²) >= 11 is 0. The minimum Gasteiger partial charge on any atom is -0.464 e. The maximum Gasteiger partial charge on any atom is 0.286 e. The second-order valence-electron chi connectivity index (χ2n) is 7.79. The third-order valence-electron chi connectivity index (χ3n) is 5.61. The Balaban J connectivity index is 1.77. The van der Waals surface area contributed by atoms with Gasteiger partial charge in [-0.15, -0.1) is 0 Å². The molecule has 7 nitrogen and oxygen atoms in total. The molecule has 2 heterocycles. The van der Waals surface area contributed by atoms with Crippen LogP contribution in [0.2, 0.25) is 0 Å². The predicted octanol–water partition coefficient (Wildman–Crippen LogP) is 2.82.